The largest absolute Gasteiger partial charge is 0.496 e. The van der Waals surface area contributed by atoms with Gasteiger partial charge in [-0.2, -0.15) is 0 Å². The van der Waals surface area contributed by atoms with E-state index < -0.39 is 5.97 Å². The second kappa shape index (κ2) is 7.14. The summed E-state index contributed by atoms with van der Waals surface area (Å²) in [6.45, 7) is 0.411. The summed E-state index contributed by atoms with van der Waals surface area (Å²) in [5.74, 6) is 0.540. The van der Waals surface area contributed by atoms with Gasteiger partial charge in [0.25, 0.3) is 0 Å². The van der Waals surface area contributed by atoms with Crippen LogP contribution in [0.1, 0.15) is 11.1 Å². The van der Waals surface area contributed by atoms with Crippen molar-refractivity contribution in [1.82, 2.24) is 0 Å². The van der Waals surface area contributed by atoms with E-state index in [9.17, 15) is 4.79 Å². The molecule has 0 radical (unpaired) electrons. The molecule has 0 heterocycles. The van der Waals surface area contributed by atoms with Crippen molar-refractivity contribution in [1.29, 1.82) is 0 Å². The van der Waals surface area contributed by atoms with Crippen LogP contribution in [0.3, 0.4) is 0 Å². The Bertz CT molecular complexity index is 629. The van der Waals surface area contributed by atoms with Gasteiger partial charge in [0.2, 0.25) is 0 Å². The maximum absolute atomic E-state index is 10.4. The Kier molecular flexibility index (Phi) is 4.99. The number of hydrogen-bond donors (Lipinski definition) is 1. The lowest BCUT2D eigenvalue weighted by molar-refractivity contribution is -0.131. The molecular weight excluding hydrogens is 268 g/mol. The summed E-state index contributed by atoms with van der Waals surface area (Å²) in [5.41, 5.74) is 1.77. The van der Waals surface area contributed by atoms with Crippen LogP contribution in [0.2, 0.25) is 0 Å². The molecule has 0 atom stereocenters. The highest BCUT2D eigenvalue weighted by molar-refractivity contribution is 5.85. The fourth-order valence-electron chi connectivity index (χ4n) is 1.83. The van der Waals surface area contributed by atoms with E-state index in [1.807, 2.05) is 24.3 Å². The van der Waals surface area contributed by atoms with Gasteiger partial charge in [0, 0.05) is 11.6 Å². The standard InChI is InChI=1S/C17H16O4/c1-20-16-5-3-2-4-14(16)12-21-15-9-6-13(7-10-15)8-11-17(18)19/h2-11H,12H2,1H3,(H,18,19). The molecule has 0 aromatic heterocycles. The average molecular weight is 284 g/mol. The first-order valence-corrected chi connectivity index (χ1v) is 6.45. The molecule has 0 aliphatic heterocycles. The molecule has 0 unspecified atom stereocenters. The summed E-state index contributed by atoms with van der Waals surface area (Å²) in [6, 6.07) is 14.9. The Morgan fingerprint density at radius 2 is 1.86 bits per heavy atom. The zero-order valence-corrected chi connectivity index (χ0v) is 11.7. The Labute approximate surface area is 123 Å². The molecule has 2 aromatic carbocycles. The second-order valence-corrected chi connectivity index (χ2v) is 4.34. The van der Waals surface area contributed by atoms with Crippen molar-refractivity contribution >= 4 is 12.0 Å². The molecule has 0 amide bonds. The topological polar surface area (TPSA) is 55.8 Å². The van der Waals surface area contributed by atoms with E-state index in [0.29, 0.717) is 12.4 Å². The van der Waals surface area contributed by atoms with Crippen molar-refractivity contribution in [3.8, 4) is 11.5 Å². The monoisotopic (exact) mass is 284 g/mol. The van der Waals surface area contributed by atoms with Crippen LogP contribution >= 0.6 is 0 Å². The van der Waals surface area contributed by atoms with Gasteiger partial charge in [-0.25, -0.2) is 4.79 Å². The van der Waals surface area contributed by atoms with Crippen LogP contribution in [0.4, 0.5) is 0 Å². The van der Waals surface area contributed by atoms with Crippen molar-refractivity contribution in [3.05, 3.63) is 65.7 Å². The van der Waals surface area contributed by atoms with Gasteiger partial charge >= 0.3 is 5.97 Å². The normalized spacial score (nSPS) is 10.5. The van der Waals surface area contributed by atoms with E-state index in [2.05, 4.69) is 0 Å². The SMILES string of the molecule is COc1ccccc1COc1ccc(C=CC(=O)O)cc1. The third-order valence-electron chi connectivity index (χ3n) is 2.89. The van der Waals surface area contributed by atoms with Gasteiger partial charge in [0.05, 0.1) is 7.11 Å². The summed E-state index contributed by atoms with van der Waals surface area (Å²) < 4.78 is 11.0. The van der Waals surface area contributed by atoms with Gasteiger partial charge in [-0.05, 0) is 29.8 Å². The molecule has 4 heteroatoms. The minimum absolute atomic E-state index is 0.411. The van der Waals surface area contributed by atoms with Crippen molar-refractivity contribution < 1.29 is 19.4 Å². The number of aliphatic carboxylic acids is 1. The van der Waals surface area contributed by atoms with E-state index in [4.69, 9.17) is 14.6 Å². The van der Waals surface area contributed by atoms with E-state index in [0.717, 1.165) is 23.0 Å². The third kappa shape index (κ3) is 4.38. The fourth-order valence-corrected chi connectivity index (χ4v) is 1.83. The van der Waals surface area contributed by atoms with E-state index in [-0.39, 0.29) is 0 Å². The smallest absolute Gasteiger partial charge is 0.328 e. The van der Waals surface area contributed by atoms with Gasteiger partial charge in [0.1, 0.15) is 18.1 Å². The zero-order chi connectivity index (χ0) is 15.1. The summed E-state index contributed by atoms with van der Waals surface area (Å²) in [5, 5.41) is 8.57. The molecule has 1 N–H and O–H groups in total. The molecule has 0 aliphatic carbocycles. The van der Waals surface area contributed by atoms with E-state index in [1.54, 1.807) is 31.4 Å². The molecule has 108 valence electrons. The number of carboxylic acids is 1. The number of methoxy groups -OCH3 is 1. The van der Waals surface area contributed by atoms with Gasteiger partial charge < -0.3 is 14.6 Å². The average Bonchev–Trinajstić information content (AvgIpc) is 2.52. The summed E-state index contributed by atoms with van der Waals surface area (Å²) in [4.78, 5) is 10.4. The predicted octanol–water partition coefficient (Wildman–Crippen LogP) is 3.37. The van der Waals surface area contributed by atoms with E-state index >= 15 is 0 Å². The number of ether oxygens (including phenoxy) is 2. The van der Waals surface area contributed by atoms with Crippen LogP contribution in [0.25, 0.3) is 6.08 Å². The van der Waals surface area contributed by atoms with Crippen LogP contribution in [0.5, 0.6) is 11.5 Å². The first-order valence-electron chi connectivity index (χ1n) is 6.45. The molecule has 0 aliphatic rings. The summed E-state index contributed by atoms with van der Waals surface area (Å²) >= 11 is 0. The first kappa shape index (κ1) is 14.7. The van der Waals surface area contributed by atoms with Crippen LogP contribution < -0.4 is 9.47 Å². The molecular formula is C17H16O4. The van der Waals surface area contributed by atoms with Crippen LogP contribution in [-0.4, -0.2) is 18.2 Å². The molecule has 0 spiro atoms. The Hall–Kier alpha value is -2.75. The van der Waals surface area contributed by atoms with Crippen LogP contribution in [0.15, 0.2) is 54.6 Å². The zero-order valence-electron chi connectivity index (χ0n) is 11.7. The van der Waals surface area contributed by atoms with Crippen molar-refractivity contribution in [2.75, 3.05) is 7.11 Å². The Morgan fingerprint density at radius 3 is 2.52 bits per heavy atom. The number of hydrogen-bond acceptors (Lipinski definition) is 3. The quantitative estimate of drug-likeness (QED) is 0.826. The molecule has 2 rings (SSSR count). The van der Waals surface area contributed by atoms with Crippen molar-refractivity contribution in [2.45, 2.75) is 6.61 Å². The molecule has 2 aromatic rings. The van der Waals surface area contributed by atoms with Gasteiger partial charge in [0.15, 0.2) is 0 Å². The minimum Gasteiger partial charge on any atom is -0.496 e. The highest BCUT2D eigenvalue weighted by atomic mass is 16.5. The highest BCUT2D eigenvalue weighted by Gasteiger charge is 2.02. The molecule has 21 heavy (non-hydrogen) atoms. The minimum atomic E-state index is -0.966. The third-order valence-corrected chi connectivity index (χ3v) is 2.89. The summed E-state index contributed by atoms with van der Waals surface area (Å²) in [7, 11) is 1.63. The van der Waals surface area contributed by atoms with Gasteiger partial charge in [-0.3, -0.25) is 0 Å². The highest BCUT2D eigenvalue weighted by Crippen LogP contribution is 2.20. The van der Waals surface area contributed by atoms with Crippen molar-refractivity contribution in [3.63, 3.8) is 0 Å². The van der Waals surface area contributed by atoms with Gasteiger partial charge in [-0.15, -0.1) is 0 Å². The summed E-state index contributed by atoms with van der Waals surface area (Å²) in [6.07, 6.45) is 2.64. The molecule has 4 nitrogen and oxygen atoms in total. The predicted molar refractivity (Wildman–Crippen MR) is 80.4 cm³/mol. The van der Waals surface area contributed by atoms with E-state index in [1.165, 1.54) is 6.08 Å². The lowest BCUT2D eigenvalue weighted by atomic mass is 10.2. The maximum Gasteiger partial charge on any atom is 0.328 e. The maximum atomic E-state index is 10.4. The first-order chi connectivity index (χ1) is 10.2. The lowest BCUT2D eigenvalue weighted by Gasteiger charge is -2.10. The molecule has 0 bridgehead atoms. The van der Waals surface area contributed by atoms with Crippen LogP contribution in [-0.2, 0) is 11.4 Å². The van der Waals surface area contributed by atoms with Crippen molar-refractivity contribution in [2.24, 2.45) is 0 Å². The second-order valence-electron chi connectivity index (χ2n) is 4.34. The fraction of sp³-hybridized carbons (Fsp3) is 0.118. The Balaban J connectivity index is 1.99. The number of benzene rings is 2. The molecule has 0 saturated carbocycles. The van der Waals surface area contributed by atoms with Gasteiger partial charge in [-0.1, -0.05) is 30.3 Å². The van der Waals surface area contributed by atoms with Crippen LogP contribution in [0, 0.1) is 0 Å². The number of carbonyl (C=O) groups is 1. The molecule has 0 saturated heterocycles. The number of carboxylic acid groups (broad SMARTS) is 1. The molecule has 0 fully saturated rings. The number of rotatable bonds is 6. The Morgan fingerprint density at radius 1 is 1.14 bits per heavy atom. The lowest BCUT2D eigenvalue weighted by Crippen LogP contribution is -1.98. The number of para-hydroxylation sites is 1.